The van der Waals surface area contributed by atoms with Gasteiger partial charge in [-0.05, 0) is 41.1 Å². The average molecular weight is 258 g/mol. The van der Waals surface area contributed by atoms with E-state index in [1.54, 1.807) is 12.1 Å². The Hall–Kier alpha value is -1.03. The van der Waals surface area contributed by atoms with E-state index in [4.69, 9.17) is 5.11 Å². The van der Waals surface area contributed by atoms with Gasteiger partial charge in [0.2, 0.25) is 0 Å². The van der Waals surface area contributed by atoms with Gasteiger partial charge in [0.05, 0.1) is 5.56 Å². The molecular weight excluding hydrogens is 246 g/mol. The topological polar surface area (TPSA) is 40.5 Å². The van der Waals surface area contributed by atoms with Crippen molar-refractivity contribution in [2.24, 2.45) is 0 Å². The van der Waals surface area contributed by atoms with Gasteiger partial charge in [-0.15, -0.1) is 0 Å². The maximum absolute atomic E-state index is 10.7. The van der Waals surface area contributed by atoms with Crippen molar-refractivity contribution in [3.63, 3.8) is 0 Å². The molecule has 1 rings (SSSR count). The lowest BCUT2D eigenvalue weighted by molar-refractivity contribution is 0.0696. The molecule has 0 aliphatic heterocycles. The number of rotatable bonds is 3. The van der Waals surface area contributed by atoms with Gasteiger partial charge in [-0.3, -0.25) is 0 Å². The number of carboxylic acid groups (broad SMARTS) is 1. The van der Waals surface area contributed by atoms with Crippen LogP contribution in [0, 0.1) is 0 Å². The first kappa shape index (κ1) is 11.0. The van der Waals surface area contributed by atoms with E-state index in [-0.39, 0.29) is 0 Å². The molecule has 0 heterocycles. The summed E-state index contributed by atoms with van der Waals surface area (Å²) in [6, 6.07) is 5.22. The lowest BCUT2D eigenvalue weighted by Crippen LogP contribution is -2.15. The number of hydrogen-bond donors (Lipinski definition) is 1. The summed E-state index contributed by atoms with van der Waals surface area (Å²) in [5, 5.41) is 8.81. The first-order valence-electron chi connectivity index (χ1n) is 4.30. The Kier molecular flexibility index (Phi) is 3.52. The van der Waals surface area contributed by atoms with Crippen LogP contribution in [-0.4, -0.2) is 24.7 Å². The van der Waals surface area contributed by atoms with Gasteiger partial charge in [-0.1, -0.05) is 0 Å². The van der Waals surface area contributed by atoms with Gasteiger partial charge in [0.1, 0.15) is 0 Å². The zero-order valence-electron chi connectivity index (χ0n) is 8.12. The smallest absolute Gasteiger partial charge is 0.336 e. The van der Waals surface area contributed by atoms with Crippen LogP contribution >= 0.6 is 15.9 Å². The minimum absolute atomic E-state index is 0.290. The summed E-state index contributed by atoms with van der Waals surface area (Å²) in [6.45, 7) is 2.93. The van der Waals surface area contributed by atoms with Crippen molar-refractivity contribution in [1.82, 2.24) is 0 Å². The molecule has 0 aromatic heterocycles. The Morgan fingerprint density at radius 2 is 2.21 bits per heavy atom. The molecular formula is C10H12BrNO2. The summed E-state index contributed by atoms with van der Waals surface area (Å²) < 4.78 is 0.614. The Bertz CT molecular complexity index is 352. The Balaban J connectivity index is 3.06. The van der Waals surface area contributed by atoms with Gasteiger partial charge in [-0.2, -0.15) is 0 Å². The molecule has 0 saturated carbocycles. The summed E-state index contributed by atoms with van der Waals surface area (Å²) in [4.78, 5) is 12.8. The molecule has 0 unspecified atom stereocenters. The van der Waals surface area contributed by atoms with E-state index in [0.29, 0.717) is 10.0 Å². The fraction of sp³-hybridized carbons (Fsp3) is 0.300. The van der Waals surface area contributed by atoms with E-state index in [0.717, 1.165) is 12.2 Å². The molecule has 0 spiro atoms. The summed E-state index contributed by atoms with van der Waals surface area (Å²) in [7, 11) is 1.96. The fourth-order valence-electron chi connectivity index (χ4n) is 1.10. The van der Waals surface area contributed by atoms with Gasteiger partial charge in [0, 0.05) is 23.8 Å². The largest absolute Gasteiger partial charge is 0.478 e. The molecule has 0 atom stereocenters. The highest BCUT2D eigenvalue weighted by Crippen LogP contribution is 2.23. The molecule has 0 bridgehead atoms. The maximum Gasteiger partial charge on any atom is 0.336 e. The molecule has 0 aliphatic carbocycles. The zero-order chi connectivity index (χ0) is 10.7. The molecule has 0 radical (unpaired) electrons. The highest BCUT2D eigenvalue weighted by Gasteiger charge is 2.09. The van der Waals surface area contributed by atoms with Crippen LogP contribution in [0.15, 0.2) is 22.7 Å². The minimum Gasteiger partial charge on any atom is -0.478 e. The van der Waals surface area contributed by atoms with Crippen LogP contribution in [0.5, 0.6) is 0 Å². The second kappa shape index (κ2) is 4.46. The second-order valence-electron chi connectivity index (χ2n) is 2.98. The van der Waals surface area contributed by atoms with Gasteiger partial charge < -0.3 is 10.0 Å². The minimum atomic E-state index is -0.914. The first-order chi connectivity index (χ1) is 6.56. The molecule has 0 aliphatic rings. The van der Waals surface area contributed by atoms with Gasteiger partial charge >= 0.3 is 5.97 Å². The van der Waals surface area contributed by atoms with Crippen molar-refractivity contribution in [3.05, 3.63) is 28.2 Å². The normalized spacial score (nSPS) is 9.93. The van der Waals surface area contributed by atoms with Crippen LogP contribution in [0.4, 0.5) is 5.69 Å². The van der Waals surface area contributed by atoms with Gasteiger partial charge in [-0.25, -0.2) is 4.79 Å². The molecule has 76 valence electrons. The third-order valence-corrected chi connectivity index (χ3v) is 2.75. The summed E-state index contributed by atoms with van der Waals surface area (Å²) >= 11 is 3.24. The summed E-state index contributed by atoms with van der Waals surface area (Å²) in [5.41, 5.74) is 1.29. The lowest BCUT2D eigenvalue weighted by atomic mass is 10.2. The van der Waals surface area contributed by atoms with E-state index in [2.05, 4.69) is 15.9 Å². The third kappa shape index (κ3) is 2.26. The van der Waals surface area contributed by atoms with Crippen LogP contribution in [0.3, 0.4) is 0 Å². The van der Waals surface area contributed by atoms with E-state index >= 15 is 0 Å². The number of nitrogens with zero attached hydrogens (tertiary/aromatic N) is 1. The number of anilines is 1. The number of benzene rings is 1. The van der Waals surface area contributed by atoms with Crippen LogP contribution in [0.25, 0.3) is 0 Å². The molecule has 0 saturated heterocycles. The molecule has 0 amide bonds. The van der Waals surface area contributed by atoms with E-state index < -0.39 is 5.97 Å². The summed E-state index contributed by atoms with van der Waals surface area (Å²) in [5.74, 6) is -0.914. The number of carbonyl (C=O) groups is 1. The molecule has 1 aromatic carbocycles. The Labute approximate surface area is 91.5 Å². The second-order valence-corrected chi connectivity index (χ2v) is 3.84. The molecule has 3 nitrogen and oxygen atoms in total. The van der Waals surface area contributed by atoms with Crippen molar-refractivity contribution in [2.45, 2.75) is 6.92 Å². The average Bonchev–Trinajstić information content (AvgIpc) is 2.15. The van der Waals surface area contributed by atoms with Crippen LogP contribution in [0.2, 0.25) is 0 Å². The number of carboxylic acids is 1. The third-order valence-electron chi connectivity index (χ3n) is 2.10. The first-order valence-corrected chi connectivity index (χ1v) is 5.09. The van der Waals surface area contributed by atoms with E-state index in [1.807, 2.05) is 24.9 Å². The van der Waals surface area contributed by atoms with Crippen LogP contribution in [0.1, 0.15) is 17.3 Å². The van der Waals surface area contributed by atoms with Gasteiger partial charge in [0.25, 0.3) is 0 Å². The Morgan fingerprint density at radius 3 is 2.64 bits per heavy atom. The zero-order valence-corrected chi connectivity index (χ0v) is 9.71. The lowest BCUT2D eigenvalue weighted by Gasteiger charge is -2.17. The molecule has 4 heteroatoms. The predicted octanol–water partition coefficient (Wildman–Crippen LogP) is 2.60. The predicted molar refractivity (Wildman–Crippen MR) is 60.0 cm³/mol. The van der Waals surface area contributed by atoms with Gasteiger partial charge in [0.15, 0.2) is 0 Å². The summed E-state index contributed by atoms with van der Waals surface area (Å²) in [6.07, 6.45) is 0. The SMILES string of the molecule is CCN(C)c1ccc(C(=O)O)c(Br)c1. The maximum atomic E-state index is 10.7. The number of hydrogen-bond acceptors (Lipinski definition) is 2. The van der Waals surface area contributed by atoms with Crippen molar-refractivity contribution in [3.8, 4) is 0 Å². The highest BCUT2D eigenvalue weighted by atomic mass is 79.9. The standard InChI is InChI=1S/C10H12BrNO2/c1-3-12(2)7-4-5-8(10(13)14)9(11)6-7/h4-6H,3H2,1-2H3,(H,13,14). The molecule has 1 aromatic rings. The molecule has 1 N–H and O–H groups in total. The molecule has 14 heavy (non-hydrogen) atoms. The number of aromatic carboxylic acids is 1. The van der Waals surface area contributed by atoms with Crippen LogP contribution < -0.4 is 4.90 Å². The number of halogens is 1. The van der Waals surface area contributed by atoms with E-state index in [9.17, 15) is 4.79 Å². The van der Waals surface area contributed by atoms with E-state index in [1.165, 1.54) is 0 Å². The van der Waals surface area contributed by atoms with Crippen molar-refractivity contribution < 1.29 is 9.90 Å². The van der Waals surface area contributed by atoms with Crippen molar-refractivity contribution >= 4 is 27.6 Å². The van der Waals surface area contributed by atoms with Crippen molar-refractivity contribution in [2.75, 3.05) is 18.5 Å². The monoisotopic (exact) mass is 257 g/mol. The highest BCUT2D eigenvalue weighted by molar-refractivity contribution is 9.10. The Morgan fingerprint density at radius 1 is 1.57 bits per heavy atom. The van der Waals surface area contributed by atoms with Crippen molar-refractivity contribution in [1.29, 1.82) is 0 Å². The fourth-order valence-corrected chi connectivity index (χ4v) is 1.63. The van der Waals surface area contributed by atoms with Crippen LogP contribution in [-0.2, 0) is 0 Å². The molecule has 0 fully saturated rings. The quantitative estimate of drug-likeness (QED) is 0.905.